The first-order chi connectivity index (χ1) is 9.54. The van der Waals surface area contributed by atoms with Crippen LogP contribution >= 0.6 is 0 Å². The van der Waals surface area contributed by atoms with Crippen molar-refractivity contribution in [3.05, 3.63) is 17.7 Å². The van der Waals surface area contributed by atoms with Gasteiger partial charge in [-0.05, 0) is 26.2 Å². The van der Waals surface area contributed by atoms with Crippen LogP contribution in [0.3, 0.4) is 0 Å². The second-order valence-corrected chi connectivity index (χ2v) is 5.33. The van der Waals surface area contributed by atoms with Crippen molar-refractivity contribution in [2.45, 2.75) is 38.7 Å². The van der Waals surface area contributed by atoms with E-state index in [1.807, 2.05) is 13.8 Å². The molecule has 112 valence electrons. The minimum Gasteiger partial charge on any atom is -0.373 e. The van der Waals surface area contributed by atoms with Crippen LogP contribution in [0.2, 0.25) is 0 Å². The molecule has 0 radical (unpaired) electrons. The Morgan fingerprint density at radius 2 is 2.00 bits per heavy atom. The molecule has 1 unspecified atom stereocenters. The van der Waals surface area contributed by atoms with E-state index in [1.54, 1.807) is 0 Å². The van der Waals surface area contributed by atoms with Gasteiger partial charge in [-0.25, -0.2) is 13.8 Å². The zero-order valence-corrected chi connectivity index (χ0v) is 11.9. The molecule has 1 aromatic heterocycles. The number of aromatic nitrogens is 1. The van der Waals surface area contributed by atoms with Gasteiger partial charge < -0.3 is 15.4 Å². The molecule has 2 rings (SSSR count). The Bertz CT molecular complexity index is 462. The van der Waals surface area contributed by atoms with Crippen molar-refractivity contribution in [3.63, 3.8) is 0 Å². The lowest BCUT2D eigenvalue weighted by atomic mass is 10.0. The molecule has 0 aliphatic carbocycles. The molecule has 1 aliphatic rings. The molecule has 1 aliphatic heterocycles. The summed E-state index contributed by atoms with van der Waals surface area (Å²) in [5, 5.41) is 5.77. The van der Waals surface area contributed by atoms with Crippen molar-refractivity contribution >= 4 is 11.6 Å². The van der Waals surface area contributed by atoms with Gasteiger partial charge in [0, 0.05) is 25.8 Å². The van der Waals surface area contributed by atoms with E-state index in [-0.39, 0.29) is 17.2 Å². The molecular weight excluding hydrogens is 264 g/mol. The third kappa shape index (κ3) is 3.56. The van der Waals surface area contributed by atoms with Crippen LogP contribution in [0.25, 0.3) is 0 Å². The summed E-state index contributed by atoms with van der Waals surface area (Å²) < 4.78 is 32.9. The lowest BCUT2D eigenvalue weighted by Crippen LogP contribution is -2.33. The molecule has 0 spiro atoms. The number of nitrogens with one attached hydrogen (secondary N) is 2. The standard InChI is InChI=1S/C14H21F2N3O/c1-3-6-17-12-10(15)8-11(16)13(19-12)18-9-14(2)5-4-7-20-14/h8H,3-7,9H2,1-2H3,(H2,17,18,19). The van der Waals surface area contributed by atoms with Crippen LogP contribution in [0.5, 0.6) is 0 Å². The van der Waals surface area contributed by atoms with Crippen LogP contribution < -0.4 is 10.6 Å². The van der Waals surface area contributed by atoms with Crippen molar-refractivity contribution in [3.8, 4) is 0 Å². The van der Waals surface area contributed by atoms with Gasteiger partial charge in [-0.15, -0.1) is 0 Å². The van der Waals surface area contributed by atoms with E-state index in [2.05, 4.69) is 15.6 Å². The largest absolute Gasteiger partial charge is 0.373 e. The van der Waals surface area contributed by atoms with E-state index in [0.29, 0.717) is 13.1 Å². The van der Waals surface area contributed by atoms with E-state index in [1.165, 1.54) is 0 Å². The van der Waals surface area contributed by atoms with Crippen molar-refractivity contribution in [2.24, 2.45) is 0 Å². The summed E-state index contributed by atoms with van der Waals surface area (Å²) in [5.41, 5.74) is -0.306. The van der Waals surface area contributed by atoms with Crippen LogP contribution in [0.4, 0.5) is 20.4 Å². The zero-order valence-electron chi connectivity index (χ0n) is 11.9. The lowest BCUT2D eigenvalue weighted by molar-refractivity contribution is 0.0314. The SMILES string of the molecule is CCCNc1nc(NCC2(C)CCCO2)c(F)cc1F. The van der Waals surface area contributed by atoms with Crippen LogP contribution in [0.15, 0.2) is 6.07 Å². The Kier molecular flexibility index (Phi) is 4.75. The number of ether oxygens (including phenoxy) is 1. The highest BCUT2D eigenvalue weighted by Crippen LogP contribution is 2.26. The highest BCUT2D eigenvalue weighted by atomic mass is 19.1. The first-order valence-corrected chi connectivity index (χ1v) is 7.02. The molecule has 0 saturated carbocycles. The molecule has 0 amide bonds. The number of pyridine rings is 1. The van der Waals surface area contributed by atoms with E-state index in [4.69, 9.17) is 4.74 Å². The van der Waals surface area contributed by atoms with Crippen LogP contribution in [-0.4, -0.2) is 30.3 Å². The van der Waals surface area contributed by atoms with E-state index in [0.717, 1.165) is 31.9 Å². The fourth-order valence-corrected chi connectivity index (χ4v) is 2.20. The Morgan fingerprint density at radius 3 is 2.60 bits per heavy atom. The fourth-order valence-electron chi connectivity index (χ4n) is 2.20. The maximum Gasteiger partial charge on any atom is 0.168 e. The van der Waals surface area contributed by atoms with Crippen molar-refractivity contribution in [2.75, 3.05) is 30.3 Å². The van der Waals surface area contributed by atoms with Crippen LogP contribution in [0.1, 0.15) is 33.1 Å². The van der Waals surface area contributed by atoms with Gasteiger partial charge in [-0.3, -0.25) is 0 Å². The Labute approximate surface area is 117 Å². The summed E-state index contributed by atoms with van der Waals surface area (Å²) in [7, 11) is 0. The summed E-state index contributed by atoms with van der Waals surface area (Å²) >= 11 is 0. The van der Waals surface area contributed by atoms with E-state index >= 15 is 0 Å². The highest BCUT2D eigenvalue weighted by Gasteiger charge is 2.30. The van der Waals surface area contributed by atoms with Crippen molar-refractivity contribution in [1.29, 1.82) is 0 Å². The molecule has 4 nitrogen and oxygen atoms in total. The summed E-state index contributed by atoms with van der Waals surface area (Å²) in [6.07, 6.45) is 2.76. The Balaban J connectivity index is 2.06. The van der Waals surface area contributed by atoms with Gasteiger partial charge in [0.1, 0.15) is 0 Å². The molecule has 1 aromatic rings. The first kappa shape index (κ1) is 15.0. The van der Waals surface area contributed by atoms with Gasteiger partial charge in [0.15, 0.2) is 23.3 Å². The molecular formula is C14H21F2N3O. The smallest absolute Gasteiger partial charge is 0.168 e. The summed E-state index contributed by atoms with van der Waals surface area (Å²) in [6.45, 7) is 5.71. The average molecular weight is 285 g/mol. The third-order valence-electron chi connectivity index (χ3n) is 3.40. The van der Waals surface area contributed by atoms with Crippen LogP contribution in [0, 0.1) is 11.6 Å². The Hall–Kier alpha value is -1.43. The average Bonchev–Trinajstić information content (AvgIpc) is 2.84. The molecule has 2 heterocycles. The van der Waals surface area contributed by atoms with Gasteiger partial charge in [0.2, 0.25) is 0 Å². The number of hydrogen-bond donors (Lipinski definition) is 2. The molecule has 2 N–H and O–H groups in total. The van der Waals surface area contributed by atoms with Gasteiger partial charge in [0.25, 0.3) is 0 Å². The topological polar surface area (TPSA) is 46.2 Å². The minimum absolute atomic E-state index is 0.0572. The predicted molar refractivity (Wildman–Crippen MR) is 75.0 cm³/mol. The highest BCUT2D eigenvalue weighted by molar-refractivity contribution is 5.47. The summed E-state index contributed by atoms with van der Waals surface area (Å²) in [4.78, 5) is 3.97. The van der Waals surface area contributed by atoms with Crippen molar-refractivity contribution < 1.29 is 13.5 Å². The quantitative estimate of drug-likeness (QED) is 0.843. The van der Waals surface area contributed by atoms with E-state index < -0.39 is 11.6 Å². The molecule has 6 heteroatoms. The minimum atomic E-state index is -0.689. The zero-order chi connectivity index (χ0) is 14.6. The molecule has 20 heavy (non-hydrogen) atoms. The Morgan fingerprint density at radius 1 is 1.30 bits per heavy atom. The normalized spacial score (nSPS) is 22.0. The monoisotopic (exact) mass is 285 g/mol. The van der Waals surface area contributed by atoms with Crippen LogP contribution in [-0.2, 0) is 4.74 Å². The van der Waals surface area contributed by atoms with Gasteiger partial charge >= 0.3 is 0 Å². The number of nitrogens with zero attached hydrogens (tertiary/aromatic N) is 1. The van der Waals surface area contributed by atoms with Gasteiger partial charge in [-0.2, -0.15) is 0 Å². The number of anilines is 2. The third-order valence-corrected chi connectivity index (χ3v) is 3.40. The summed E-state index contributed by atoms with van der Waals surface area (Å²) in [5.74, 6) is -1.23. The molecule has 1 fully saturated rings. The number of hydrogen-bond acceptors (Lipinski definition) is 4. The first-order valence-electron chi connectivity index (χ1n) is 7.02. The van der Waals surface area contributed by atoms with Gasteiger partial charge in [0.05, 0.1) is 5.60 Å². The van der Waals surface area contributed by atoms with E-state index in [9.17, 15) is 8.78 Å². The molecule has 1 saturated heterocycles. The number of halogens is 2. The maximum absolute atomic E-state index is 13.7. The maximum atomic E-state index is 13.7. The summed E-state index contributed by atoms with van der Waals surface area (Å²) in [6, 6.07) is 0.852. The fraction of sp³-hybridized carbons (Fsp3) is 0.643. The second kappa shape index (κ2) is 6.35. The lowest BCUT2D eigenvalue weighted by Gasteiger charge is -2.24. The molecule has 0 aromatic carbocycles. The number of rotatable bonds is 6. The second-order valence-electron chi connectivity index (χ2n) is 5.33. The predicted octanol–water partition coefficient (Wildman–Crippen LogP) is 3.16. The molecule has 1 atom stereocenters. The van der Waals surface area contributed by atoms with Crippen molar-refractivity contribution in [1.82, 2.24) is 4.98 Å². The van der Waals surface area contributed by atoms with Gasteiger partial charge in [-0.1, -0.05) is 6.92 Å². The molecule has 0 bridgehead atoms.